The van der Waals surface area contributed by atoms with E-state index in [1.165, 1.54) is 0 Å². The molecule has 0 aliphatic carbocycles. The molecule has 26 heavy (non-hydrogen) atoms. The summed E-state index contributed by atoms with van der Waals surface area (Å²) in [7, 11) is 1.75. The van der Waals surface area contributed by atoms with Gasteiger partial charge in [0.25, 0.3) is 0 Å². The third-order valence-electron chi connectivity index (χ3n) is 5.53. The number of hydrogen-bond donors (Lipinski definition) is 1. The van der Waals surface area contributed by atoms with Crippen LogP contribution in [0.1, 0.15) is 6.42 Å². The fraction of sp³-hybridized carbons (Fsp3) is 0.556. The van der Waals surface area contributed by atoms with Crippen molar-refractivity contribution in [2.45, 2.75) is 19.0 Å². The Morgan fingerprint density at radius 1 is 1.15 bits per heavy atom. The normalized spacial score (nSPS) is 21.1. The Morgan fingerprint density at radius 2 is 1.85 bits per heavy atom. The van der Waals surface area contributed by atoms with E-state index >= 15 is 0 Å². The van der Waals surface area contributed by atoms with Crippen LogP contribution in [0, 0.1) is 0 Å². The quantitative estimate of drug-likeness (QED) is 0.831. The van der Waals surface area contributed by atoms with Crippen LogP contribution in [-0.2, 0) is 18.4 Å². The number of aryl methyl sites for hydroxylation is 1. The molecule has 2 aromatic rings. The van der Waals surface area contributed by atoms with Crippen LogP contribution in [0.15, 0.2) is 29.1 Å². The number of fused-ring (bicyclic) bond motifs is 1. The highest BCUT2D eigenvalue weighted by Gasteiger charge is 2.31. The van der Waals surface area contributed by atoms with Crippen LogP contribution in [0.3, 0.4) is 0 Å². The molecule has 2 aliphatic rings. The van der Waals surface area contributed by atoms with E-state index in [4.69, 9.17) is 0 Å². The lowest BCUT2D eigenvalue weighted by Crippen LogP contribution is -2.49. The largest absolute Gasteiger partial charge is 0.340 e. The number of rotatable bonds is 3. The molecule has 1 aromatic heterocycles. The van der Waals surface area contributed by atoms with E-state index in [1.807, 2.05) is 29.2 Å². The van der Waals surface area contributed by atoms with Gasteiger partial charge in [0.15, 0.2) is 0 Å². The van der Waals surface area contributed by atoms with Crippen molar-refractivity contribution in [3.63, 3.8) is 0 Å². The summed E-state index contributed by atoms with van der Waals surface area (Å²) >= 11 is 0. The second-order valence-corrected chi connectivity index (χ2v) is 6.98. The first-order chi connectivity index (χ1) is 12.1. The van der Waals surface area contributed by atoms with Crippen molar-refractivity contribution in [1.29, 1.82) is 0 Å². The van der Waals surface area contributed by atoms with Crippen molar-refractivity contribution in [3.05, 3.63) is 34.7 Å². The molecule has 0 bridgehead atoms. The topological polar surface area (TPSA) is 62.5 Å². The molecular formula is C18H26ClN5O2. The number of halogens is 1. The minimum absolute atomic E-state index is 0. The minimum Gasteiger partial charge on any atom is -0.340 e. The average Bonchev–Trinajstić information content (AvgIpc) is 3.23. The Kier molecular flexibility index (Phi) is 5.70. The molecular weight excluding hydrogens is 354 g/mol. The van der Waals surface area contributed by atoms with E-state index in [0.717, 1.165) is 56.7 Å². The Balaban J connectivity index is 0.00000196. The van der Waals surface area contributed by atoms with Gasteiger partial charge in [-0.1, -0.05) is 12.1 Å². The fourth-order valence-corrected chi connectivity index (χ4v) is 4.06. The minimum atomic E-state index is -0.132. The maximum absolute atomic E-state index is 12.8. The van der Waals surface area contributed by atoms with Crippen LogP contribution in [0.5, 0.6) is 0 Å². The van der Waals surface area contributed by atoms with Gasteiger partial charge in [0.1, 0.15) is 6.54 Å². The summed E-state index contributed by atoms with van der Waals surface area (Å²) in [5, 5.41) is 3.37. The zero-order chi connectivity index (χ0) is 17.4. The van der Waals surface area contributed by atoms with Gasteiger partial charge in [-0.15, -0.1) is 12.4 Å². The van der Waals surface area contributed by atoms with Crippen molar-refractivity contribution in [2.24, 2.45) is 7.05 Å². The summed E-state index contributed by atoms with van der Waals surface area (Å²) in [4.78, 5) is 29.7. The molecule has 1 amide bonds. The zero-order valence-electron chi connectivity index (χ0n) is 15.1. The number of carbonyl (C=O) groups excluding carboxylic acids is 1. The van der Waals surface area contributed by atoms with Gasteiger partial charge in [-0.05, 0) is 18.6 Å². The van der Waals surface area contributed by atoms with Crippen molar-refractivity contribution in [3.8, 4) is 0 Å². The van der Waals surface area contributed by atoms with E-state index in [9.17, 15) is 9.59 Å². The highest BCUT2D eigenvalue weighted by atomic mass is 35.5. The van der Waals surface area contributed by atoms with Gasteiger partial charge in [-0.2, -0.15) is 0 Å². The lowest BCUT2D eigenvalue weighted by atomic mass is 10.2. The lowest BCUT2D eigenvalue weighted by molar-refractivity contribution is -0.131. The first kappa shape index (κ1) is 18.9. The van der Waals surface area contributed by atoms with Gasteiger partial charge < -0.3 is 10.2 Å². The predicted octanol–water partition coefficient (Wildman–Crippen LogP) is 0.268. The second kappa shape index (κ2) is 7.82. The van der Waals surface area contributed by atoms with E-state index in [0.29, 0.717) is 6.04 Å². The van der Waals surface area contributed by atoms with Crippen LogP contribution in [0.25, 0.3) is 11.0 Å². The summed E-state index contributed by atoms with van der Waals surface area (Å²) in [6.45, 7) is 5.83. The third kappa shape index (κ3) is 3.39. The number of carbonyl (C=O) groups is 1. The zero-order valence-corrected chi connectivity index (χ0v) is 15.9. The van der Waals surface area contributed by atoms with Gasteiger partial charge >= 0.3 is 5.69 Å². The Hall–Kier alpha value is -1.83. The molecule has 142 valence electrons. The van der Waals surface area contributed by atoms with Gasteiger partial charge in [0.05, 0.1) is 11.0 Å². The van der Waals surface area contributed by atoms with Gasteiger partial charge in [0, 0.05) is 52.4 Å². The molecule has 3 heterocycles. The van der Waals surface area contributed by atoms with Crippen LogP contribution >= 0.6 is 12.4 Å². The van der Waals surface area contributed by atoms with Gasteiger partial charge in [-0.25, -0.2) is 4.79 Å². The highest BCUT2D eigenvalue weighted by Crippen LogP contribution is 2.17. The summed E-state index contributed by atoms with van der Waals surface area (Å²) < 4.78 is 3.20. The number of nitrogens with zero attached hydrogens (tertiary/aromatic N) is 4. The standard InChI is InChI=1S/C18H25N5O2.ClH/c1-20-15-4-2-3-5-16(15)23(18(20)25)13-17(24)22-9-6-14(12-22)21-10-7-19-8-11-21;/h2-5,14,19H,6-13H2,1H3;1H. The molecule has 0 saturated carbocycles. The fourth-order valence-electron chi connectivity index (χ4n) is 4.06. The molecule has 2 aliphatic heterocycles. The lowest BCUT2D eigenvalue weighted by Gasteiger charge is -2.32. The molecule has 1 unspecified atom stereocenters. The molecule has 8 heteroatoms. The number of likely N-dealkylation sites (tertiary alicyclic amines) is 1. The van der Waals surface area contributed by atoms with Crippen LogP contribution in [-0.4, -0.2) is 70.2 Å². The summed E-state index contributed by atoms with van der Waals surface area (Å²) in [6, 6.07) is 8.08. The Labute approximate surface area is 159 Å². The van der Waals surface area contributed by atoms with Crippen LogP contribution < -0.4 is 11.0 Å². The number of benzene rings is 1. The maximum atomic E-state index is 12.8. The molecule has 1 N–H and O–H groups in total. The predicted molar refractivity (Wildman–Crippen MR) is 104 cm³/mol. The molecule has 2 fully saturated rings. The molecule has 4 rings (SSSR count). The molecule has 1 atom stereocenters. The van der Waals surface area contributed by atoms with Crippen LogP contribution in [0.2, 0.25) is 0 Å². The number of para-hydroxylation sites is 2. The molecule has 2 saturated heterocycles. The molecule has 0 spiro atoms. The summed E-state index contributed by atoms with van der Waals surface area (Å²) in [5.74, 6) is 0.0380. The smallest absolute Gasteiger partial charge is 0.329 e. The van der Waals surface area contributed by atoms with E-state index in [-0.39, 0.29) is 30.5 Å². The first-order valence-corrected chi connectivity index (χ1v) is 9.02. The second-order valence-electron chi connectivity index (χ2n) is 6.98. The van der Waals surface area contributed by atoms with Crippen LogP contribution in [0.4, 0.5) is 0 Å². The maximum Gasteiger partial charge on any atom is 0.329 e. The molecule has 0 radical (unpaired) electrons. The monoisotopic (exact) mass is 379 g/mol. The number of nitrogens with one attached hydrogen (secondary N) is 1. The van der Waals surface area contributed by atoms with Crippen molar-refractivity contribution >= 4 is 29.3 Å². The van der Waals surface area contributed by atoms with Gasteiger partial charge in [-0.3, -0.25) is 18.8 Å². The number of aromatic nitrogens is 2. The van der Waals surface area contributed by atoms with Crippen molar-refractivity contribution < 1.29 is 4.79 Å². The van der Waals surface area contributed by atoms with Crippen molar-refractivity contribution in [1.82, 2.24) is 24.3 Å². The highest BCUT2D eigenvalue weighted by molar-refractivity contribution is 5.85. The van der Waals surface area contributed by atoms with E-state index in [2.05, 4.69) is 10.2 Å². The summed E-state index contributed by atoms with van der Waals surface area (Å²) in [5.41, 5.74) is 1.55. The van der Waals surface area contributed by atoms with E-state index < -0.39 is 0 Å². The molecule has 7 nitrogen and oxygen atoms in total. The molecule has 1 aromatic carbocycles. The van der Waals surface area contributed by atoms with Gasteiger partial charge in [0.2, 0.25) is 5.91 Å². The number of amides is 1. The number of piperazine rings is 1. The summed E-state index contributed by atoms with van der Waals surface area (Å²) in [6.07, 6.45) is 1.02. The van der Waals surface area contributed by atoms with Crippen molar-refractivity contribution in [2.75, 3.05) is 39.3 Å². The number of imidazole rings is 1. The Bertz CT molecular complexity index is 840. The Morgan fingerprint density at radius 3 is 2.58 bits per heavy atom. The SMILES string of the molecule is Cl.Cn1c(=O)n(CC(=O)N2CCC(N3CCNCC3)C2)c2ccccc21. The first-order valence-electron chi connectivity index (χ1n) is 9.02. The van der Waals surface area contributed by atoms with E-state index in [1.54, 1.807) is 16.2 Å². The third-order valence-corrected chi connectivity index (χ3v) is 5.53. The average molecular weight is 380 g/mol. The number of hydrogen-bond acceptors (Lipinski definition) is 4.